The van der Waals surface area contributed by atoms with Crippen LogP contribution in [-0.4, -0.2) is 28.0 Å². The van der Waals surface area contributed by atoms with Crippen molar-refractivity contribution in [3.05, 3.63) is 0 Å². The lowest BCUT2D eigenvalue weighted by molar-refractivity contribution is -0.167. The number of hydrogen-bond donors (Lipinski definition) is 0. The number of carbonyl (C=O) groups is 2. The SMILES string of the molecule is CCOC(=O)C1(C(=O)C(Br)Br)CCC(F)(F)CC1. The van der Waals surface area contributed by atoms with Gasteiger partial charge in [0.25, 0.3) is 0 Å². The first-order valence-corrected chi connectivity index (χ1v) is 7.46. The van der Waals surface area contributed by atoms with Crippen molar-refractivity contribution in [1.29, 1.82) is 0 Å². The van der Waals surface area contributed by atoms with E-state index in [1.165, 1.54) is 0 Å². The number of ether oxygens (including phenoxy) is 1. The minimum atomic E-state index is -2.80. The fraction of sp³-hybridized carbons (Fsp3) is 0.818. The number of carbonyl (C=O) groups excluding carboxylic acids is 2. The van der Waals surface area contributed by atoms with E-state index in [9.17, 15) is 18.4 Å². The number of alkyl halides is 4. The number of ketones is 1. The van der Waals surface area contributed by atoms with Crippen molar-refractivity contribution < 1.29 is 23.1 Å². The third-order valence-electron chi connectivity index (χ3n) is 3.17. The van der Waals surface area contributed by atoms with Crippen LogP contribution in [0.4, 0.5) is 8.78 Å². The van der Waals surface area contributed by atoms with Gasteiger partial charge in [-0.05, 0) is 19.8 Å². The highest BCUT2D eigenvalue weighted by atomic mass is 79.9. The van der Waals surface area contributed by atoms with Crippen molar-refractivity contribution >= 4 is 43.6 Å². The molecule has 0 aromatic carbocycles. The van der Waals surface area contributed by atoms with Crippen LogP contribution in [0.15, 0.2) is 0 Å². The molecule has 0 amide bonds. The molecular formula is C11H14Br2F2O3. The molecule has 0 spiro atoms. The van der Waals surface area contributed by atoms with Gasteiger partial charge in [0.05, 0.1) is 6.61 Å². The highest BCUT2D eigenvalue weighted by Crippen LogP contribution is 2.46. The Kier molecular flexibility index (Phi) is 5.29. The molecule has 1 fully saturated rings. The van der Waals surface area contributed by atoms with Gasteiger partial charge in [-0.2, -0.15) is 0 Å². The van der Waals surface area contributed by atoms with Crippen molar-refractivity contribution in [2.75, 3.05) is 6.61 Å². The molecule has 0 aromatic heterocycles. The van der Waals surface area contributed by atoms with E-state index in [1.807, 2.05) is 0 Å². The summed E-state index contributed by atoms with van der Waals surface area (Å²) in [4.78, 5) is 24.1. The van der Waals surface area contributed by atoms with E-state index < -0.39 is 39.7 Å². The van der Waals surface area contributed by atoms with Crippen molar-refractivity contribution in [2.24, 2.45) is 5.41 Å². The molecule has 0 N–H and O–H groups in total. The Hall–Kier alpha value is -0.0400. The molecule has 3 nitrogen and oxygen atoms in total. The normalized spacial score (nSPS) is 21.7. The number of hydrogen-bond acceptors (Lipinski definition) is 3. The van der Waals surface area contributed by atoms with Crippen LogP contribution in [0.3, 0.4) is 0 Å². The second-order valence-electron chi connectivity index (χ2n) is 4.32. The first-order valence-electron chi connectivity index (χ1n) is 5.63. The van der Waals surface area contributed by atoms with Crippen molar-refractivity contribution in [2.45, 2.75) is 42.3 Å². The molecule has 1 aliphatic rings. The standard InChI is InChI=1S/C11H14Br2F2O3/c1-2-18-9(17)10(7(16)8(12)13)3-5-11(14,15)6-4-10/h8H,2-6H2,1H3. The summed E-state index contributed by atoms with van der Waals surface area (Å²) in [6.45, 7) is 1.74. The predicted octanol–water partition coefficient (Wildman–Crippen LogP) is 3.43. The zero-order chi connectivity index (χ0) is 14.0. The maximum absolute atomic E-state index is 13.2. The maximum atomic E-state index is 13.2. The molecule has 104 valence electrons. The second-order valence-corrected chi connectivity index (χ2v) is 7.38. The van der Waals surface area contributed by atoms with Crippen LogP contribution in [-0.2, 0) is 14.3 Å². The summed E-state index contributed by atoms with van der Waals surface area (Å²) < 4.78 is 30.5. The van der Waals surface area contributed by atoms with Crippen molar-refractivity contribution in [3.8, 4) is 0 Å². The summed E-state index contributed by atoms with van der Waals surface area (Å²) in [6.07, 6.45) is -1.29. The van der Waals surface area contributed by atoms with Crippen LogP contribution in [0.25, 0.3) is 0 Å². The van der Waals surface area contributed by atoms with Gasteiger partial charge in [0.2, 0.25) is 5.92 Å². The van der Waals surface area contributed by atoms with Crippen LogP contribution in [0.2, 0.25) is 0 Å². The van der Waals surface area contributed by atoms with E-state index in [4.69, 9.17) is 4.74 Å². The van der Waals surface area contributed by atoms with E-state index in [-0.39, 0.29) is 19.4 Å². The van der Waals surface area contributed by atoms with Gasteiger partial charge in [0.15, 0.2) is 5.78 Å². The number of Topliss-reactive ketones (excluding diaryl/α,β-unsaturated/α-hetero) is 1. The molecule has 0 unspecified atom stereocenters. The third-order valence-corrected chi connectivity index (χ3v) is 4.00. The third kappa shape index (κ3) is 3.29. The smallest absolute Gasteiger partial charge is 0.319 e. The van der Waals surface area contributed by atoms with E-state index in [0.29, 0.717) is 0 Å². The lowest BCUT2D eigenvalue weighted by Gasteiger charge is -2.37. The largest absolute Gasteiger partial charge is 0.465 e. The molecule has 0 radical (unpaired) electrons. The number of rotatable bonds is 4. The summed E-state index contributed by atoms with van der Waals surface area (Å²) in [7, 11) is 0. The first kappa shape index (κ1) is 16.0. The Labute approximate surface area is 121 Å². The fourth-order valence-corrected chi connectivity index (χ4v) is 2.95. The fourth-order valence-electron chi connectivity index (χ4n) is 2.07. The van der Waals surface area contributed by atoms with Gasteiger partial charge < -0.3 is 4.74 Å². The Morgan fingerprint density at radius 1 is 1.22 bits per heavy atom. The minimum absolute atomic E-state index is 0.124. The molecule has 1 saturated carbocycles. The van der Waals surface area contributed by atoms with Gasteiger partial charge in [0, 0.05) is 12.8 Å². The van der Waals surface area contributed by atoms with E-state index >= 15 is 0 Å². The summed E-state index contributed by atoms with van der Waals surface area (Å²) in [5.41, 5.74) is -1.45. The van der Waals surface area contributed by atoms with E-state index in [0.717, 1.165) is 0 Å². The van der Waals surface area contributed by atoms with Gasteiger partial charge in [0.1, 0.15) is 9.15 Å². The Morgan fingerprint density at radius 3 is 2.11 bits per heavy atom. The van der Waals surface area contributed by atoms with Gasteiger partial charge in [-0.25, -0.2) is 8.78 Å². The molecule has 0 aromatic rings. The Bertz CT molecular complexity index is 335. The molecule has 0 bridgehead atoms. The summed E-state index contributed by atoms with van der Waals surface area (Å²) in [6, 6.07) is 0. The maximum Gasteiger partial charge on any atom is 0.319 e. The van der Waals surface area contributed by atoms with Gasteiger partial charge >= 0.3 is 5.97 Å². The molecule has 0 atom stereocenters. The lowest BCUT2D eigenvalue weighted by atomic mass is 9.70. The number of esters is 1. The highest BCUT2D eigenvalue weighted by Gasteiger charge is 2.54. The average molecular weight is 392 g/mol. The van der Waals surface area contributed by atoms with Gasteiger partial charge in [-0.1, -0.05) is 31.9 Å². The second kappa shape index (κ2) is 5.94. The Morgan fingerprint density at radius 2 is 1.72 bits per heavy atom. The zero-order valence-electron chi connectivity index (χ0n) is 9.85. The van der Waals surface area contributed by atoms with Crippen molar-refractivity contribution in [3.63, 3.8) is 0 Å². The summed E-state index contributed by atoms with van der Waals surface area (Å²) in [5.74, 6) is -3.95. The molecule has 1 aliphatic carbocycles. The van der Waals surface area contributed by atoms with E-state index in [2.05, 4.69) is 31.9 Å². The van der Waals surface area contributed by atoms with Crippen LogP contribution >= 0.6 is 31.9 Å². The zero-order valence-corrected chi connectivity index (χ0v) is 13.0. The van der Waals surface area contributed by atoms with E-state index in [1.54, 1.807) is 6.92 Å². The van der Waals surface area contributed by atoms with Crippen LogP contribution < -0.4 is 0 Å². The summed E-state index contributed by atoms with van der Waals surface area (Å²) >= 11 is 6.06. The molecule has 7 heteroatoms. The van der Waals surface area contributed by atoms with Crippen molar-refractivity contribution in [1.82, 2.24) is 0 Å². The first-order chi connectivity index (χ1) is 8.25. The van der Waals surface area contributed by atoms with Crippen LogP contribution in [0.5, 0.6) is 0 Å². The topological polar surface area (TPSA) is 43.4 Å². The molecule has 0 heterocycles. The van der Waals surface area contributed by atoms with Crippen LogP contribution in [0, 0.1) is 5.41 Å². The summed E-state index contributed by atoms with van der Waals surface area (Å²) in [5, 5.41) is 0. The average Bonchev–Trinajstić information content (AvgIpc) is 2.29. The molecule has 0 saturated heterocycles. The lowest BCUT2D eigenvalue weighted by Crippen LogP contribution is -2.47. The predicted molar refractivity (Wildman–Crippen MR) is 69.1 cm³/mol. The highest BCUT2D eigenvalue weighted by molar-refractivity contribution is 9.25. The molecule has 0 aliphatic heterocycles. The molecule has 18 heavy (non-hydrogen) atoms. The van der Waals surface area contributed by atoms with Crippen LogP contribution in [0.1, 0.15) is 32.6 Å². The Balaban J connectivity index is 2.97. The quantitative estimate of drug-likeness (QED) is 0.419. The van der Waals surface area contributed by atoms with Gasteiger partial charge in [-0.3, -0.25) is 9.59 Å². The molecule has 1 rings (SSSR count). The monoisotopic (exact) mass is 390 g/mol. The number of halogens is 4. The minimum Gasteiger partial charge on any atom is -0.465 e. The molecular weight excluding hydrogens is 378 g/mol. The van der Waals surface area contributed by atoms with Gasteiger partial charge in [-0.15, -0.1) is 0 Å².